The van der Waals surface area contributed by atoms with E-state index in [1.807, 2.05) is 24.3 Å². The van der Waals surface area contributed by atoms with Crippen molar-refractivity contribution < 1.29 is 37.6 Å². The Morgan fingerprint density at radius 2 is 1.48 bits per heavy atom. The van der Waals surface area contributed by atoms with Gasteiger partial charge in [-0.2, -0.15) is 0 Å². The molecule has 2 aromatic carbocycles. The number of fused-ring (bicyclic) bond motifs is 3. The molecule has 6 rings (SSSR count). The highest BCUT2D eigenvalue weighted by Crippen LogP contribution is 2.45. The van der Waals surface area contributed by atoms with Crippen LogP contribution in [0.15, 0.2) is 60.7 Å². The highest BCUT2D eigenvalue weighted by molar-refractivity contribution is 6.74. The predicted octanol–water partition coefficient (Wildman–Crippen LogP) is 8.74. The fraction of sp³-hybridized carbons (Fsp3) is 0.698. The van der Waals surface area contributed by atoms with Crippen LogP contribution in [0.1, 0.15) is 103 Å². The molecule has 2 aromatic rings. The van der Waals surface area contributed by atoms with Gasteiger partial charge in [0.25, 0.3) is 0 Å². The van der Waals surface area contributed by atoms with Crippen LogP contribution in [-0.2, 0) is 50.9 Å². The molecule has 0 aromatic heterocycles. The van der Waals surface area contributed by atoms with E-state index in [2.05, 4.69) is 77.2 Å². The summed E-state index contributed by atoms with van der Waals surface area (Å²) >= 11 is 0. The van der Waals surface area contributed by atoms with Crippen molar-refractivity contribution in [1.82, 2.24) is 0 Å². The van der Waals surface area contributed by atoms with Crippen molar-refractivity contribution in [2.75, 3.05) is 13.2 Å². The van der Waals surface area contributed by atoms with Crippen molar-refractivity contribution in [2.24, 2.45) is 0 Å². The zero-order chi connectivity index (χ0) is 36.8. The topological polar surface area (TPSA) is 81.7 Å². The molecule has 0 radical (unpaired) electrons. The second-order valence-corrected chi connectivity index (χ2v) is 22.1. The summed E-state index contributed by atoms with van der Waals surface area (Å²) in [6.45, 7) is 16.0. The number of rotatable bonds is 14. The molecule has 4 aliphatic heterocycles. The van der Waals surface area contributed by atoms with Gasteiger partial charge in [0.1, 0.15) is 12.2 Å². The molecule has 0 N–H and O–H groups in total. The first-order valence-corrected chi connectivity index (χ1v) is 22.9. The Morgan fingerprint density at radius 3 is 2.19 bits per heavy atom. The fourth-order valence-corrected chi connectivity index (χ4v) is 9.11. The van der Waals surface area contributed by atoms with Crippen LogP contribution in [0.5, 0.6) is 0 Å². The minimum atomic E-state index is -1.83. The first-order chi connectivity index (χ1) is 24.9. The average molecular weight is 737 g/mol. The van der Waals surface area contributed by atoms with Crippen LogP contribution >= 0.6 is 0 Å². The van der Waals surface area contributed by atoms with Gasteiger partial charge in [0.05, 0.1) is 55.4 Å². The van der Waals surface area contributed by atoms with Crippen molar-refractivity contribution in [3.05, 3.63) is 71.8 Å². The van der Waals surface area contributed by atoms with E-state index in [1.54, 1.807) is 0 Å². The van der Waals surface area contributed by atoms with Gasteiger partial charge in [0.2, 0.25) is 0 Å². The van der Waals surface area contributed by atoms with E-state index in [0.717, 1.165) is 50.5 Å². The summed E-state index contributed by atoms with van der Waals surface area (Å²) in [6.07, 6.45) is 6.37. The second-order valence-electron chi connectivity index (χ2n) is 17.3. The van der Waals surface area contributed by atoms with E-state index in [1.165, 1.54) is 5.56 Å². The Morgan fingerprint density at radius 1 is 0.808 bits per heavy atom. The Bertz CT molecular complexity index is 1400. The SMILES string of the molecule is CC(C)(C)[Si](C)(C)OCCC[C@@H]1O[C@H]2CC[C@@]3(C)O[C@H]4[C@@H](OCc5ccccc5)C[C@@H](CCCOCc5ccccc5)O[C@@H]4C[C@@H]3O[C@@H]2CCC1=O. The Hall–Kier alpha value is -1.95. The number of Topliss-reactive ketones (excluding diaryl/α,β-unsaturated/α-hetero) is 1. The quantitative estimate of drug-likeness (QED) is 0.141. The summed E-state index contributed by atoms with van der Waals surface area (Å²) in [5.41, 5.74) is 1.85. The number of benzene rings is 2. The van der Waals surface area contributed by atoms with Gasteiger partial charge in [0.15, 0.2) is 14.1 Å². The van der Waals surface area contributed by atoms with Crippen molar-refractivity contribution in [1.29, 1.82) is 0 Å². The molecule has 0 amide bonds. The van der Waals surface area contributed by atoms with E-state index >= 15 is 0 Å². The van der Waals surface area contributed by atoms with Gasteiger partial charge in [0, 0.05) is 32.5 Å². The van der Waals surface area contributed by atoms with Gasteiger partial charge in [-0.05, 0) is 81.1 Å². The third kappa shape index (κ3) is 10.2. The summed E-state index contributed by atoms with van der Waals surface area (Å²) < 4.78 is 46.6. The lowest BCUT2D eigenvalue weighted by molar-refractivity contribution is -0.298. The zero-order valence-corrected chi connectivity index (χ0v) is 33.6. The van der Waals surface area contributed by atoms with E-state index < -0.39 is 20.0 Å². The molecule has 0 saturated carbocycles. The smallest absolute Gasteiger partial charge is 0.191 e. The predicted molar refractivity (Wildman–Crippen MR) is 205 cm³/mol. The van der Waals surface area contributed by atoms with Crippen LogP contribution in [0.4, 0.5) is 0 Å². The molecule has 0 bridgehead atoms. The lowest BCUT2D eigenvalue weighted by atomic mass is 9.81. The summed E-state index contributed by atoms with van der Waals surface area (Å²) in [4.78, 5) is 13.3. The molecule has 9 heteroatoms. The minimum absolute atomic E-state index is 0.0500. The van der Waals surface area contributed by atoms with E-state index in [-0.39, 0.29) is 53.5 Å². The summed E-state index contributed by atoms with van der Waals surface area (Å²) in [5, 5.41) is 0.163. The van der Waals surface area contributed by atoms with Crippen LogP contribution in [-0.4, -0.2) is 81.7 Å². The van der Waals surface area contributed by atoms with E-state index in [9.17, 15) is 4.79 Å². The average Bonchev–Trinajstić information content (AvgIpc) is 3.35. The van der Waals surface area contributed by atoms with Crippen LogP contribution in [0.2, 0.25) is 18.1 Å². The molecule has 0 spiro atoms. The van der Waals surface area contributed by atoms with E-state index in [4.69, 9.17) is 32.8 Å². The van der Waals surface area contributed by atoms with Crippen molar-refractivity contribution in [3.63, 3.8) is 0 Å². The molecular weight excluding hydrogens is 673 g/mol. The molecule has 288 valence electrons. The number of carbonyl (C=O) groups is 1. The summed E-state index contributed by atoms with van der Waals surface area (Å²) in [5.74, 6) is 0.191. The summed E-state index contributed by atoms with van der Waals surface area (Å²) in [7, 11) is -1.83. The normalized spacial score (nSPS) is 32.6. The van der Waals surface area contributed by atoms with Gasteiger partial charge in [-0.1, -0.05) is 81.4 Å². The van der Waals surface area contributed by atoms with Crippen molar-refractivity contribution >= 4 is 14.1 Å². The van der Waals surface area contributed by atoms with Gasteiger partial charge in [-0.25, -0.2) is 0 Å². The first kappa shape index (κ1) is 39.7. The lowest BCUT2D eigenvalue weighted by Crippen LogP contribution is -2.62. The third-order valence-corrected chi connectivity index (χ3v) is 16.8. The molecule has 52 heavy (non-hydrogen) atoms. The minimum Gasteiger partial charge on any atom is -0.417 e. The number of ether oxygens (including phenoxy) is 6. The Balaban J connectivity index is 1.07. The zero-order valence-electron chi connectivity index (χ0n) is 32.6. The molecule has 4 heterocycles. The monoisotopic (exact) mass is 736 g/mol. The molecule has 4 aliphatic rings. The van der Waals surface area contributed by atoms with Gasteiger partial charge in [-0.3, -0.25) is 4.79 Å². The third-order valence-electron chi connectivity index (χ3n) is 12.3. The molecule has 4 saturated heterocycles. The van der Waals surface area contributed by atoms with Gasteiger partial charge in [-0.15, -0.1) is 0 Å². The number of hydrogen-bond donors (Lipinski definition) is 0. The maximum absolute atomic E-state index is 13.3. The maximum Gasteiger partial charge on any atom is 0.191 e. The van der Waals surface area contributed by atoms with Crippen LogP contribution in [0.25, 0.3) is 0 Å². The number of carbonyl (C=O) groups excluding carboxylic acids is 1. The fourth-order valence-electron chi connectivity index (χ4n) is 8.02. The molecule has 4 fully saturated rings. The van der Waals surface area contributed by atoms with Gasteiger partial charge >= 0.3 is 0 Å². The maximum atomic E-state index is 13.3. The summed E-state index contributed by atoms with van der Waals surface area (Å²) in [6, 6.07) is 20.7. The second kappa shape index (κ2) is 17.7. The van der Waals surface area contributed by atoms with E-state index in [0.29, 0.717) is 45.7 Å². The Labute approximate surface area is 313 Å². The van der Waals surface area contributed by atoms with Crippen LogP contribution < -0.4 is 0 Å². The number of hydrogen-bond acceptors (Lipinski definition) is 8. The van der Waals surface area contributed by atoms with Crippen molar-refractivity contribution in [2.45, 2.75) is 178 Å². The lowest BCUT2D eigenvalue weighted by Gasteiger charge is -2.52. The molecular formula is C43H64O8Si. The van der Waals surface area contributed by atoms with Crippen LogP contribution in [0.3, 0.4) is 0 Å². The van der Waals surface area contributed by atoms with Crippen molar-refractivity contribution in [3.8, 4) is 0 Å². The largest absolute Gasteiger partial charge is 0.417 e. The van der Waals surface area contributed by atoms with Crippen LogP contribution in [0, 0.1) is 0 Å². The highest BCUT2D eigenvalue weighted by Gasteiger charge is 2.55. The van der Waals surface area contributed by atoms with Gasteiger partial charge < -0.3 is 32.8 Å². The Kier molecular flexibility index (Phi) is 13.5. The molecule has 0 unspecified atom stereocenters. The molecule has 8 nitrogen and oxygen atoms in total. The molecule has 9 atom stereocenters. The number of ketones is 1. The standard InChI is InChI=1S/C43H64O8Si/c1-42(2,3)52(5,6)47-26-14-20-35-34(44)21-22-36-37(49-35)23-24-43(4)40(50-36)28-39-41(51-43)38(46-30-32-17-11-8-12-18-32)27-33(48-39)19-13-25-45-29-31-15-9-7-10-16-31/h7-12,15-18,33,35-41H,13-14,19-30H2,1-6H3/t33-,35+,36-,37+,38+,39-,40+,41+,43-/m1/s1. The molecule has 0 aliphatic carbocycles. The highest BCUT2D eigenvalue weighted by atomic mass is 28.4. The first-order valence-electron chi connectivity index (χ1n) is 20.0.